The molecule has 3 rings (SSSR count). The van der Waals surface area contributed by atoms with Crippen LogP contribution in [-0.2, 0) is 0 Å². The summed E-state index contributed by atoms with van der Waals surface area (Å²) in [6.07, 6.45) is 1.32. The summed E-state index contributed by atoms with van der Waals surface area (Å²) in [6, 6.07) is 4.14. The minimum Gasteiger partial charge on any atom is -0.435 e. The average molecular weight is 343 g/mol. The summed E-state index contributed by atoms with van der Waals surface area (Å²) in [5.41, 5.74) is 0. The van der Waals surface area contributed by atoms with Crippen molar-refractivity contribution in [3.05, 3.63) is 46.0 Å². The highest BCUT2D eigenvalue weighted by atomic mass is 79.9. The van der Waals surface area contributed by atoms with E-state index in [0.717, 1.165) is 10.9 Å². The van der Waals surface area contributed by atoms with Crippen LogP contribution >= 0.6 is 27.3 Å². The molecule has 3 nitrogen and oxygen atoms in total. The second-order valence-corrected chi connectivity index (χ2v) is 5.43. The molecule has 0 radical (unpaired) electrons. The Balaban J connectivity index is 2.08. The van der Waals surface area contributed by atoms with Crippen LogP contribution in [0.2, 0.25) is 0 Å². The molecule has 0 amide bonds. The maximum atomic E-state index is 13.6. The number of ether oxygens (including phenoxy) is 1. The standard InChI is InChI=1S/C12H5BrF2N2OS/c13-6-3-8(14)10(15)9(4-6)18-11-7-1-2-19-12(7)17-5-16-11/h1-5H. The number of halogens is 3. The Hall–Kier alpha value is -1.60. The number of aromatic nitrogens is 2. The first-order valence-electron chi connectivity index (χ1n) is 5.16. The lowest BCUT2D eigenvalue weighted by atomic mass is 10.3. The third kappa shape index (κ3) is 2.31. The molecule has 0 saturated carbocycles. The van der Waals surface area contributed by atoms with E-state index in [0.29, 0.717) is 9.86 Å². The fraction of sp³-hybridized carbons (Fsp3) is 0. The van der Waals surface area contributed by atoms with Crippen molar-refractivity contribution >= 4 is 37.5 Å². The number of fused-ring (bicyclic) bond motifs is 1. The highest BCUT2D eigenvalue weighted by Crippen LogP contribution is 2.32. The Labute approximate surface area is 119 Å². The summed E-state index contributed by atoms with van der Waals surface area (Å²) in [5.74, 6) is -2.06. The third-order valence-electron chi connectivity index (χ3n) is 2.39. The molecule has 0 aliphatic carbocycles. The van der Waals surface area contributed by atoms with E-state index < -0.39 is 11.6 Å². The van der Waals surface area contributed by atoms with Gasteiger partial charge >= 0.3 is 0 Å². The number of thiophene rings is 1. The quantitative estimate of drug-likeness (QED) is 0.642. The van der Waals surface area contributed by atoms with Gasteiger partial charge in [0, 0.05) is 4.47 Å². The fourth-order valence-corrected chi connectivity index (χ4v) is 2.69. The maximum Gasteiger partial charge on any atom is 0.231 e. The fourth-order valence-electron chi connectivity index (χ4n) is 1.56. The summed E-state index contributed by atoms with van der Waals surface area (Å²) in [4.78, 5) is 8.72. The van der Waals surface area contributed by atoms with Gasteiger partial charge in [-0.05, 0) is 23.6 Å². The van der Waals surface area contributed by atoms with E-state index in [1.807, 2.05) is 5.38 Å². The average Bonchev–Trinajstić information content (AvgIpc) is 2.84. The Bertz CT molecular complexity index is 763. The summed E-state index contributed by atoms with van der Waals surface area (Å²) >= 11 is 4.50. The number of hydrogen-bond donors (Lipinski definition) is 0. The van der Waals surface area contributed by atoms with Crippen LogP contribution in [0.4, 0.5) is 8.78 Å². The molecule has 2 heterocycles. The molecule has 96 valence electrons. The molecule has 0 aliphatic heterocycles. The molecule has 0 N–H and O–H groups in total. The van der Waals surface area contributed by atoms with E-state index in [2.05, 4.69) is 25.9 Å². The van der Waals surface area contributed by atoms with Gasteiger partial charge in [-0.3, -0.25) is 0 Å². The van der Waals surface area contributed by atoms with Gasteiger partial charge in [-0.15, -0.1) is 11.3 Å². The van der Waals surface area contributed by atoms with Crippen LogP contribution in [0.1, 0.15) is 0 Å². The maximum absolute atomic E-state index is 13.6. The van der Waals surface area contributed by atoms with E-state index in [-0.39, 0.29) is 11.6 Å². The number of benzene rings is 1. The molecule has 0 aliphatic rings. The minimum absolute atomic E-state index is 0.197. The van der Waals surface area contributed by atoms with Crippen molar-refractivity contribution in [2.45, 2.75) is 0 Å². The first-order chi connectivity index (χ1) is 9.15. The van der Waals surface area contributed by atoms with E-state index in [9.17, 15) is 8.78 Å². The topological polar surface area (TPSA) is 35.0 Å². The predicted molar refractivity (Wildman–Crippen MR) is 71.5 cm³/mol. The van der Waals surface area contributed by atoms with Crippen LogP contribution in [-0.4, -0.2) is 9.97 Å². The lowest BCUT2D eigenvalue weighted by molar-refractivity contribution is 0.408. The van der Waals surface area contributed by atoms with Crippen LogP contribution in [0, 0.1) is 11.6 Å². The molecule has 0 bridgehead atoms. The number of nitrogens with zero attached hydrogens (tertiary/aromatic N) is 2. The monoisotopic (exact) mass is 342 g/mol. The molecule has 0 fully saturated rings. The molecule has 19 heavy (non-hydrogen) atoms. The number of hydrogen-bond acceptors (Lipinski definition) is 4. The van der Waals surface area contributed by atoms with Crippen LogP contribution in [0.15, 0.2) is 34.4 Å². The molecular weight excluding hydrogens is 338 g/mol. The van der Waals surface area contributed by atoms with Gasteiger partial charge in [0.1, 0.15) is 11.2 Å². The lowest BCUT2D eigenvalue weighted by Crippen LogP contribution is -1.94. The van der Waals surface area contributed by atoms with E-state index >= 15 is 0 Å². The normalized spacial score (nSPS) is 10.9. The van der Waals surface area contributed by atoms with Crippen molar-refractivity contribution in [3.8, 4) is 11.6 Å². The Morgan fingerprint density at radius 2 is 2.05 bits per heavy atom. The molecule has 2 aromatic heterocycles. The first-order valence-corrected chi connectivity index (χ1v) is 6.83. The summed E-state index contributed by atoms with van der Waals surface area (Å²) in [6.45, 7) is 0. The Morgan fingerprint density at radius 1 is 1.21 bits per heavy atom. The largest absolute Gasteiger partial charge is 0.435 e. The molecule has 7 heteroatoms. The van der Waals surface area contributed by atoms with Gasteiger partial charge in [-0.1, -0.05) is 15.9 Å². The summed E-state index contributed by atoms with van der Waals surface area (Å²) in [7, 11) is 0. The zero-order valence-electron chi connectivity index (χ0n) is 9.23. The van der Waals surface area contributed by atoms with Gasteiger partial charge in [0.05, 0.1) is 5.39 Å². The van der Waals surface area contributed by atoms with Crippen molar-refractivity contribution in [2.75, 3.05) is 0 Å². The second-order valence-electron chi connectivity index (χ2n) is 3.62. The van der Waals surface area contributed by atoms with Gasteiger partial charge < -0.3 is 4.74 Å². The van der Waals surface area contributed by atoms with Crippen molar-refractivity contribution in [3.63, 3.8) is 0 Å². The molecule has 1 aromatic carbocycles. The molecule has 0 spiro atoms. The smallest absolute Gasteiger partial charge is 0.231 e. The summed E-state index contributed by atoms with van der Waals surface area (Å²) < 4.78 is 32.7. The SMILES string of the molecule is Fc1cc(Br)cc(Oc2ncnc3sccc23)c1F. The zero-order chi connectivity index (χ0) is 13.4. The number of rotatable bonds is 2. The van der Waals surface area contributed by atoms with E-state index in [1.54, 1.807) is 6.07 Å². The van der Waals surface area contributed by atoms with Crippen molar-refractivity contribution < 1.29 is 13.5 Å². The van der Waals surface area contributed by atoms with E-state index in [1.165, 1.54) is 23.7 Å². The van der Waals surface area contributed by atoms with Crippen LogP contribution < -0.4 is 4.74 Å². The van der Waals surface area contributed by atoms with Crippen molar-refractivity contribution in [1.82, 2.24) is 9.97 Å². The molecule has 0 saturated heterocycles. The van der Waals surface area contributed by atoms with Gasteiger partial charge in [0.15, 0.2) is 11.6 Å². The first kappa shape index (κ1) is 12.4. The Morgan fingerprint density at radius 3 is 2.89 bits per heavy atom. The highest BCUT2D eigenvalue weighted by molar-refractivity contribution is 9.10. The molecule has 0 unspecified atom stereocenters. The minimum atomic E-state index is -1.05. The molecule has 0 atom stereocenters. The lowest BCUT2D eigenvalue weighted by Gasteiger charge is -2.07. The summed E-state index contributed by atoms with van der Waals surface area (Å²) in [5, 5.41) is 2.48. The molecule has 3 aromatic rings. The van der Waals surface area contributed by atoms with Gasteiger partial charge in [0.2, 0.25) is 11.7 Å². The Kier molecular flexibility index (Phi) is 3.16. The van der Waals surface area contributed by atoms with Gasteiger partial charge in [0.25, 0.3) is 0 Å². The van der Waals surface area contributed by atoms with Crippen LogP contribution in [0.3, 0.4) is 0 Å². The van der Waals surface area contributed by atoms with Crippen LogP contribution in [0.25, 0.3) is 10.2 Å². The van der Waals surface area contributed by atoms with Crippen molar-refractivity contribution in [1.29, 1.82) is 0 Å². The van der Waals surface area contributed by atoms with Crippen LogP contribution in [0.5, 0.6) is 11.6 Å². The second kappa shape index (κ2) is 4.82. The molecular formula is C12H5BrF2N2OS. The van der Waals surface area contributed by atoms with Gasteiger partial charge in [-0.2, -0.15) is 4.39 Å². The van der Waals surface area contributed by atoms with Gasteiger partial charge in [-0.25, -0.2) is 14.4 Å². The predicted octanol–water partition coefficient (Wildman–Crippen LogP) is 4.52. The highest BCUT2D eigenvalue weighted by Gasteiger charge is 2.14. The van der Waals surface area contributed by atoms with Crippen molar-refractivity contribution in [2.24, 2.45) is 0 Å². The van der Waals surface area contributed by atoms with E-state index in [4.69, 9.17) is 4.74 Å². The zero-order valence-corrected chi connectivity index (χ0v) is 11.6. The third-order valence-corrected chi connectivity index (χ3v) is 3.67.